The standard InChI is InChI=1S/C23H29ClN2O5S/c1-16-9-11-26(12-10-16)32(28,29)18-6-7-20(24)19(14-18)23(27)25(2)15-17-5-8-21(30-3)22(13-17)31-4/h5-8,13-14,16H,9-12,15H2,1-4H3. The molecule has 0 spiro atoms. The summed E-state index contributed by atoms with van der Waals surface area (Å²) in [6.45, 7) is 3.37. The Balaban J connectivity index is 1.82. The van der Waals surface area contributed by atoms with Crippen molar-refractivity contribution in [1.29, 1.82) is 0 Å². The third-order valence-electron chi connectivity index (χ3n) is 5.76. The molecule has 1 fully saturated rings. The summed E-state index contributed by atoms with van der Waals surface area (Å²) in [7, 11) is 1.06. The van der Waals surface area contributed by atoms with Crippen molar-refractivity contribution in [2.45, 2.75) is 31.2 Å². The summed E-state index contributed by atoms with van der Waals surface area (Å²) in [5, 5.41) is 0.209. The van der Waals surface area contributed by atoms with Crippen LogP contribution in [0.15, 0.2) is 41.3 Å². The summed E-state index contributed by atoms with van der Waals surface area (Å²) in [5.74, 6) is 1.30. The Morgan fingerprint density at radius 3 is 2.38 bits per heavy atom. The molecule has 0 aromatic heterocycles. The molecule has 174 valence electrons. The number of methoxy groups -OCH3 is 2. The minimum atomic E-state index is -3.69. The average molecular weight is 481 g/mol. The molecule has 0 bridgehead atoms. The van der Waals surface area contributed by atoms with E-state index >= 15 is 0 Å². The van der Waals surface area contributed by atoms with Crippen LogP contribution in [0.1, 0.15) is 35.7 Å². The number of amides is 1. The van der Waals surface area contributed by atoms with E-state index in [1.807, 2.05) is 6.07 Å². The predicted octanol–water partition coefficient (Wildman–Crippen LogP) is 4.05. The second-order valence-corrected chi connectivity index (χ2v) is 10.4. The van der Waals surface area contributed by atoms with E-state index in [2.05, 4.69) is 6.92 Å². The third-order valence-corrected chi connectivity index (χ3v) is 7.99. The molecule has 1 amide bonds. The van der Waals surface area contributed by atoms with E-state index in [9.17, 15) is 13.2 Å². The lowest BCUT2D eigenvalue weighted by atomic mass is 10.0. The maximum atomic E-state index is 13.1. The summed E-state index contributed by atoms with van der Waals surface area (Å²) >= 11 is 6.29. The minimum absolute atomic E-state index is 0.0827. The lowest BCUT2D eigenvalue weighted by molar-refractivity contribution is 0.0785. The van der Waals surface area contributed by atoms with Gasteiger partial charge in [0.25, 0.3) is 5.91 Å². The number of carbonyl (C=O) groups is 1. The third kappa shape index (κ3) is 5.19. The van der Waals surface area contributed by atoms with Crippen molar-refractivity contribution in [3.8, 4) is 11.5 Å². The van der Waals surface area contributed by atoms with Gasteiger partial charge >= 0.3 is 0 Å². The smallest absolute Gasteiger partial charge is 0.255 e. The van der Waals surface area contributed by atoms with E-state index in [0.29, 0.717) is 30.5 Å². The van der Waals surface area contributed by atoms with Crippen molar-refractivity contribution >= 4 is 27.5 Å². The molecule has 1 aliphatic rings. The molecule has 0 N–H and O–H groups in total. The van der Waals surface area contributed by atoms with Crippen molar-refractivity contribution in [3.63, 3.8) is 0 Å². The zero-order chi connectivity index (χ0) is 23.5. The van der Waals surface area contributed by atoms with Crippen LogP contribution >= 0.6 is 11.6 Å². The summed E-state index contributed by atoms with van der Waals surface area (Å²) < 4.78 is 38.3. The van der Waals surface area contributed by atoms with Crippen LogP contribution in [0.5, 0.6) is 11.5 Å². The average Bonchev–Trinajstić information content (AvgIpc) is 2.78. The number of ether oxygens (including phenoxy) is 2. The van der Waals surface area contributed by atoms with Crippen LogP contribution in [0, 0.1) is 5.92 Å². The van der Waals surface area contributed by atoms with Gasteiger partial charge in [0.15, 0.2) is 11.5 Å². The van der Waals surface area contributed by atoms with E-state index in [4.69, 9.17) is 21.1 Å². The van der Waals surface area contributed by atoms with Gasteiger partial charge in [-0.1, -0.05) is 24.6 Å². The van der Waals surface area contributed by atoms with Crippen molar-refractivity contribution < 1.29 is 22.7 Å². The molecule has 1 heterocycles. The first-order chi connectivity index (χ1) is 15.2. The lowest BCUT2D eigenvalue weighted by Crippen LogP contribution is -2.38. The Hall–Kier alpha value is -2.29. The Morgan fingerprint density at radius 1 is 1.09 bits per heavy atom. The Kier molecular flexibility index (Phi) is 7.69. The number of nitrogens with zero attached hydrogens (tertiary/aromatic N) is 2. The molecule has 1 aliphatic heterocycles. The number of hydrogen-bond donors (Lipinski definition) is 0. The van der Waals surface area contributed by atoms with Crippen molar-refractivity contribution in [3.05, 3.63) is 52.5 Å². The van der Waals surface area contributed by atoms with E-state index < -0.39 is 10.0 Å². The first-order valence-corrected chi connectivity index (χ1v) is 12.2. The number of benzene rings is 2. The molecular weight excluding hydrogens is 452 g/mol. The Bertz CT molecular complexity index is 1080. The zero-order valence-corrected chi connectivity index (χ0v) is 20.4. The molecule has 0 atom stereocenters. The van der Waals surface area contributed by atoms with E-state index in [0.717, 1.165) is 18.4 Å². The van der Waals surface area contributed by atoms with Crippen molar-refractivity contribution in [2.24, 2.45) is 5.92 Å². The minimum Gasteiger partial charge on any atom is -0.493 e. The van der Waals surface area contributed by atoms with Gasteiger partial charge in [-0.2, -0.15) is 4.31 Å². The maximum absolute atomic E-state index is 13.1. The van der Waals surface area contributed by atoms with E-state index in [-0.39, 0.29) is 27.9 Å². The van der Waals surface area contributed by atoms with Crippen LogP contribution in [0.3, 0.4) is 0 Å². The number of halogens is 1. The van der Waals surface area contributed by atoms with Gasteiger partial charge in [0, 0.05) is 26.7 Å². The van der Waals surface area contributed by atoms with Gasteiger partial charge in [-0.25, -0.2) is 8.42 Å². The second-order valence-electron chi connectivity index (χ2n) is 8.08. The molecule has 1 saturated heterocycles. The SMILES string of the molecule is COc1ccc(CN(C)C(=O)c2cc(S(=O)(=O)N3CCC(C)CC3)ccc2Cl)cc1OC. The fourth-order valence-corrected chi connectivity index (χ4v) is 5.43. The fraction of sp³-hybridized carbons (Fsp3) is 0.435. The largest absolute Gasteiger partial charge is 0.493 e. The lowest BCUT2D eigenvalue weighted by Gasteiger charge is -2.29. The normalized spacial score (nSPS) is 15.4. The molecule has 0 unspecified atom stereocenters. The molecule has 2 aromatic carbocycles. The molecule has 2 aromatic rings. The van der Waals surface area contributed by atoms with Gasteiger partial charge in [-0.3, -0.25) is 4.79 Å². The first-order valence-electron chi connectivity index (χ1n) is 10.4. The molecule has 0 radical (unpaired) electrons. The number of rotatable bonds is 7. The molecule has 0 saturated carbocycles. The summed E-state index contributed by atoms with van der Waals surface area (Å²) in [5.41, 5.74) is 0.988. The van der Waals surface area contributed by atoms with Crippen LogP contribution < -0.4 is 9.47 Å². The first kappa shape index (κ1) is 24.4. The molecule has 3 rings (SSSR count). The summed E-state index contributed by atoms with van der Waals surface area (Å²) in [4.78, 5) is 14.7. The number of piperidine rings is 1. The second kappa shape index (κ2) is 10.1. The van der Waals surface area contributed by atoms with E-state index in [1.165, 1.54) is 27.4 Å². The van der Waals surface area contributed by atoms with Crippen LogP contribution in [0.25, 0.3) is 0 Å². The van der Waals surface area contributed by atoms with Gasteiger partial charge in [-0.15, -0.1) is 0 Å². The highest BCUT2D eigenvalue weighted by molar-refractivity contribution is 7.89. The van der Waals surface area contributed by atoms with E-state index in [1.54, 1.807) is 33.4 Å². The van der Waals surface area contributed by atoms with Gasteiger partial charge in [0.2, 0.25) is 10.0 Å². The van der Waals surface area contributed by atoms with Gasteiger partial charge in [0.1, 0.15) is 0 Å². The number of hydrogen-bond acceptors (Lipinski definition) is 5. The van der Waals surface area contributed by atoms with Crippen molar-refractivity contribution in [1.82, 2.24) is 9.21 Å². The highest BCUT2D eigenvalue weighted by atomic mass is 35.5. The molecule has 32 heavy (non-hydrogen) atoms. The van der Waals surface area contributed by atoms with Crippen LogP contribution in [-0.4, -0.2) is 57.9 Å². The molecule has 0 aliphatic carbocycles. The highest BCUT2D eigenvalue weighted by Crippen LogP contribution is 2.29. The highest BCUT2D eigenvalue weighted by Gasteiger charge is 2.29. The zero-order valence-electron chi connectivity index (χ0n) is 18.8. The maximum Gasteiger partial charge on any atom is 0.255 e. The fourth-order valence-electron chi connectivity index (χ4n) is 3.73. The summed E-state index contributed by atoms with van der Waals surface area (Å²) in [6.07, 6.45) is 1.65. The predicted molar refractivity (Wildman–Crippen MR) is 124 cm³/mol. The quantitative estimate of drug-likeness (QED) is 0.597. The van der Waals surface area contributed by atoms with Crippen LogP contribution in [0.2, 0.25) is 5.02 Å². The van der Waals surface area contributed by atoms with Crippen molar-refractivity contribution in [2.75, 3.05) is 34.4 Å². The topological polar surface area (TPSA) is 76.2 Å². The van der Waals surface area contributed by atoms with Gasteiger partial charge < -0.3 is 14.4 Å². The Labute approximate surface area is 194 Å². The molecular formula is C23H29ClN2O5S. The van der Waals surface area contributed by atoms with Gasteiger partial charge in [0.05, 0.1) is 29.7 Å². The van der Waals surface area contributed by atoms with Crippen LogP contribution in [-0.2, 0) is 16.6 Å². The molecule has 9 heteroatoms. The number of carbonyl (C=O) groups excluding carboxylic acids is 1. The monoisotopic (exact) mass is 480 g/mol. The summed E-state index contributed by atoms with van der Waals surface area (Å²) in [6, 6.07) is 9.71. The molecule has 7 nitrogen and oxygen atoms in total. The number of sulfonamides is 1. The van der Waals surface area contributed by atoms with Gasteiger partial charge in [-0.05, 0) is 54.7 Å². The Morgan fingerprint density at radius 2 is 1.75 bits per heavy atom. The van der Waals surface area contributed by atoms with Crippen LogP contribution in [0.4, 0.5) is 0 Å².